The number of carbonyl (C=O) groups excluding carboxylic acids is 1. The lowest BCUT2D eigenvalue weighted by atomic mass is 10.2. The van der Waals surface area contributed by atoms with Crippen LogP contribution in [-0.2, 0) is 4.74 Å². The van der Waals surface area contributed by atoms with Gasteiger partial charge in [0.2, 0.25) is 5.76 Å². The summed E-state index contributed by atoms with van der Waals surface area (Å²) in [5.41, 5.74) is 1.92. The smallest absolute Gasteiger partial charge is 0.293 e. The van der Waals surface area contributed by atoms with Crippen molar-refractivity contribution in [1.29, 1.82) is 0 Å². The van der Waals surface area contributed by atoms with Crippen molar-refractivity contribution in [3.63, 3.8) is 0 Å². The Kier molecular flexibility index (Phi) is 4.57. The highest BCUT2D eigenvalue weighted by Crippen LogP contribution is 2.33. The van der Waals surface area contributed by atoms with Gasteiger partial charge in [0.15, 0.2) is 0 Å². The minimum absolute atomic E-state index is 0.0426. The zero-order valence-electron chi connectivity index (χ0n) is 14.3. The van der Waals surface area contributed by atoms with E-state index in [1.54, 1.807) is 12.0 Å². The van der Waals surface area contributed by atoms with Crippen molar-refractivity contribution in [2.75, 3.05) is 20.3 Å². The maximum Gasteiger partial charge on any atom is 0.293 e. The summed E-state index contributed by atoms with van der Waals surface area (Å²) in [6.45, 7) is 6.69. The number of nitrogens with one attached hydrogen (secondary N) is 1. The summed E-state index contributed by atoms with van der Waals surface area (Å²) in [5, 5.41) is 3.75. The number of hydrogen-bond donors (Lipinski definition) is 1. The first kappa shape index (κ1) is 16.5. The second-order valence-corrected chi connectivity index (χ2v) is 5.86. The van der Waals surface area contributed by atoms with Gasteiger partial charge in [-0.2, -0.15) is 0 Å². The number of likely N-dealkylation sites (tertiary alicyclic amines) is 1. The van der Waals surface area contributed by atoms with E-state index in [9.17, 15) is 4.79 Å². The summed E-state index contributed by atoms with van der Waals surface area (Å²) in [4.78, 5) is 22.4. The summed E-state index contributed by atoms with van der Waals surface area (Å²) in [5.74, 6) is 0.983. The average Bonchev–Trinajstić information content (AvgIpc) is 3.26. The Labute approximate surface area is 140 Å². The molecule has 2 atom stereocenters. The van der Waals surface area contributed by atoms with E-state index in [-0.39, 0.29) is 23.8 Å². The average molecular weight is 334 g/mol. The van der Waals surface area contributed by atoms with Crippen LogP contribution in [0, 0.1) is 13.8 Å². The first-order valence-electron chi connectivity index (χ1n) is 7.99. The van der Waals surface area contributed by atoms with E-state index in [0.717, 1.165) is 17.2 Å². The fraction of sp³-hybridized carbons (Fsp3) is 0.562. The lowest BCUT2D eigenvalue weighted by molar-refractivity contribution is 0.0644. The van der Waals surface area contributed by atoms with Crippen molar-refractivity contribution < 1.29 is 18.8 Å². The van der Waals surface area contributed by atoms with E-state index in [4.69, 9.17) is 14.0 Å². The Morgan fingerprint density at radius 3 is 2.92 bits per heavy atom. The molecule has 1 N–H and O–H groups in total. The monoisotopic (exact) mass is 334 g/mol. The number of carbonyl (C=O) groups is 1. The molecule has 130 valence electrons. The Morgan fingerprint density at radius 1 is 1.50 bits per heavy atom. The van der Waals surface area contributed by atoms with Crippen LogP contribution in [0.3, 0.4) is 0 Å². The van der Waals surface area contributed by atoms with Crippen molar-refractivity contribution in [3.05, 3.63) is 29.0 Å². The van der Waals surface area contributed by atoms with Crippen LogP contribution in [0.5, 0.6) is 5.88 Å². The van der Waals surface area contributed by atoms with Crippen molar-refractivity contribution in [2.45, 2.75) is 39.3 Å². The van der Waals surface area contributed by atoms with Crippen molar-refractivity contribution in [1.82, 2.24) is 20.0 Å². The molecule has 1 aliphatic heterocycles. The third-order valence-corrected chi connectivity index (χ3v) is 4.31. The second-order valence-electron chi connectivity index (χ2n) is 5.86. The molecule has 0 aliphatic carbocycles. The minimum Gasteiger partial charge on any atom is -0.476 e. The number of hydrogen-bond acceptors (Lipinski definition) is 6. The molecule has 2 aromatic heterocycles. The van der Waals surface area contributed by atoms with E-state index in [1.165, 1.54) is 6.07 Å². The van der Waals surface area contributed by atoms with Crippen molar-refractivity contribution in [3.8, 4) is 5.88 Å². The number of nitrogens with zero attached hydrogens (tertiary/aromatic N) is 3. The van der Waals surface area contributed by atoms with Crippen LogP contribution >= 0.6 is 0 Å². The van der Waals surface area contributed by atoms with Crippen LogP contribution in [-0.4, -0.2) is 52.3 Å². The fourth-order valence-corrected chi connectivity index (χ4v) is 2.90. The Hall–Kier alpha value is -2.35. The van der Waals surface area contributed by atoms with Gasteiger partial charge in [0.05, 0.1) is 30.5 Å². The number of aromatic nitrogens is 3. The molecule has 0 spiro atoms. The molecule has 8 heteroatoms. The predicted molar refractivity (Wildman–Crippen MR) is 84.9 cm³/mol. The molecule has 1 fully saturated rings. The third-order valence-electron chi connectivity index (χ3n) is 4.31. The molecular weight excluding hydrogens is 312 g/mol. The number of rotatable bonds is 5. The molecule has 1 amide bonds. The van der Waals surface area contributed by atoms with Gasteiger partial charge in [-0.15, -0.1) is 0 Å². The van der Waals surface area contributed by atoms with Gasteiger partial charge in [0.25, 0.3) is 11.8 Å². The van der Waals surface area contributed by atoms with Crippen LogP contribution in [0.4, 0.5) is 0 Å². The zero-order valence-corrected chi connectivity index (χ0v) is 14.3. The second kappa shape index (κ2) is 6.64. The maximum absolute atomic E-state index is 12.8. The molecule has 1 saturated heterocycles. The highest BCUT2D eigenvalue weighted by molar-refractivity contribution is 5.92. The Balaban J connectivity index is 1.86. The summed E-state index contributed by atoms with van der Waals surface area (Å²) in [6.07, 6.45) is 0.639. The van der Waals surface area contributed by atoms with E-state index in [1.807, 2.05) is 20.8 Å². The molecule has 2 aromatic rings. The van der Waals surface area contributed by atoms with Gasteiger partial charge >= 0.3 is 0 Å². The van der Waals surface area contributed by atoms with Crippen molar-refractivity contribution >= 4 is 5.91 Å². The van der Waals surface area contributed by atoms with Gasteiger partial charge in [-0.1, -0.05) is 0 Å². The highest BCUT2D eigenvalue weighted by atomic mass is 16.5. The van der Waals surface area contributed by atoms with Gasteiger partial charge in [0.1, 0.15) is 5.82 Å². The number of aryl methyl sites for hydroxylation is 2. The molecule has 0 unspecified atom stereocenters. The molecular formula is C16H22N4O4. The van der Waals surface area contributed by atoms with Crippen LogP contribution in [0.15, 0.2) is 10.6 Å². The predicted octanol–water partition coefficient (Wildman–Crippen LogP) is 2.02. The first-order valence-corrected chi connectivity index (χ1v) is 7.99. The molecule has 0 saturated carbocycles. The molecule has 24 heavy (non-hydrogen) atoms. The highest BCUT2D eigenvalue weighted by Gasteiger charge is 2.39. The molecule has 0 radical (unpaired) electrons. The van der Waals surface area contributed by atoms with Crippen LogP contribution < -0.4 is 4.74 Å². The van der Waals surface area contributed by atoms with Gasteiger partial charge in [-0.25, -0.2) is 4.98 Å². The number of methoxy groups -OCH3 is 1. The van der Waals surface area contributed by atoms with Crippen LogP contribution in [0.1, 0.15) is 47.2 Å². The van der Waals surface area contributed by atoms with Crippen molar-refractivity contribution in [2.24, 2.45) is 0 Å². The quantitative estimate of drug-likeness (QED) is 0.899. The number of ether oxygens (including phenoxy) is 2. The molecule has 3 heterocycles. The largest absolute Gasteiger partial charge is 0.476 e. The van der Waals surface area contributed by atoms with E-state index in [0.29, 0.717) is 25.5 Å². The molecule has 0 bridgehead atoms. The molecule has 1 aliphatic rings. The van der Waals surface area contributed by atoms with E-state index >= 15 is 0 Å². The number of H-pyrrole nitrogens is 1. The lowest BCUT2D eigenvalue weighted by Crippen LogP contribution is -2.32. The third kappa shape index (κ3) is 3.01. The summed E-state index contributed by atoms with van der Waals surface area (Å²) in [7, 11) is 1.65. The zero-order chi connectivity index (χ0) is 17.3. The summed E-state index contributed by atoms with van der Waals surface area (Å²) >= 11 is 0. The van der Waals surface area contributed by atoms with Gasteiger partial charge in [0, 0.05) is 25.8 Å². The maximum atomic E-state index is 12.8. The van der Waals surface area contributed by atoms with E-state index in [2.05, 4.69) is 15.1 Å². The summed E-state index contributed by atoms with van der Waals surface area (Å²) in [6, 6.07) is 1.33. The molecule has 8 nitrogen and oxygen atoms in total. The number of aromatic amines is 1. The normalized spacial score (nSPS) is 20.6. The van der Waals surface area contributed by atoms with Crippen LogP contribution in [0.25, 0.3) is 0 Å². The van der Waals surface area contributed by atoms with Gasteiger partial charge in [-0.3, -0.25) is 4.79 Å². The lowest BCUT2D eigenvalue weighted by Gasteiger charge is -2.21. The first-order chi connectivity index (χ1) is 11.5. The molecule has 0 aromatic carbocycles. The SMILES string of the molecule is CCOc1cc(C(=O)N2C[C@H](OC)C[C@H]2c2nc(C)c(C)[nH]2)on1. The topological polar surface area (TPSA) is 93.5 Å². The van der Waals surface area contributed by atoms with E-state index < -0.39 is 0 Å². The number of amides is 1. The minimum atomic E-state index is -0.246. The fourth-order valence-electron chi connectivity index (χ4n) is 2.90. The Bertz CT molecular complexity index is 704. The van der Waals surface area contributed by atoms with Crippen LogP contribution in [0.2, 0.25) is 0 Å². The summed E-state index contributed by atoms with van der Waals surface area (Å²) < 4.78 is 15.8. The molecule has 3 rings (SSSR count). The Morgan fingerprint density at radius 2 is 2.29 bits per heavy atom. The van der Waals surface area contributed by atoms with Gasteiger partial charge in [-0.05, 0) is 25.9 Å². The number of imidazole rings is 1. The standard InChI is InChI=1S/C16H22N4O4/c1-5-23-14-7-13(24-19-14)16(21)20-8-11(22-4)6-12(20)15-17-9(2)10(3)18-15/h7,11-12H,5-6,8H2,1-4H3,(H,17,18)/t11-,12+/m1/s1. The van der Waals surface area contributed by atoms with Gasteiger partial charge < -0.3 is 23.9 Å².